The van der Waals surface area contributed by atoms with Crippen molar-refractivity contribution in [2.75, 3.05) is 0 Å². The average molecular weight is 723 g/mol. The van der Waals surface area contributed by atoms with Crippen LogP contribution < -0.4 is 14.2 Å². The molecule has 4 aromatic heterocycles. The molecule has 207 valence electrons. The summed E-state index contributed by atoms with van der Waals surface area (Å²) in [6.07, 6.45) is 15.6. The summed E-state index contributed by atoms with van der Waals surface area (Å²) in [5.41, 5.74) is 2.01. The number of pyridine rings is 1. The summed E-state index contributed by atoms with van der Waals surface area (Å²) in [6.45, 7) is 0. The fraction of sp³-hybridized carbons (Fsp3) is 0.0714. The second kappa shape index (κ2) is 14.1. The minimum absolute atomic E-state index is 0. The van der Waals surface area contributed by atoms with Crippen LogP contribution in [0.2, 0.25) is 0 Å². The fourth-order valence-corrected chi connectivity index (χ4v) is 3.18. The van der Waals surface area contributed by atoms with Crippen molar-refractivity contribution in [3.05, 3.63) is 134 Å². The van der Waals surface area contributed by atoms with Gasteiger partial charge in [-0.3, -0.25) is 22.5 Å². The number of aryl methyl sites for hydroxylation is 2. The third-order valence-corrected chi connectivity index (χ3v) is 4.96. The van der Waals surface area contributed by atoms with Crippen molar-refractivity contribution in [3.63, 3.8) is 0 Å². The van der Waals surface area contributed by atoms with E-state index in [2.05, 4.69) is 40.0 Å². The Kier molecular flexibility index (Phi) is 10.6. The molecule has 0 saturated carbocycles. The van der Waals surface area contributed by atoms with Crippen LogP contribution in [0.1, 0.15) is 0 Å². The number of hydrogen-bond donors (Lipinski definition) is 0. The molecule has 0 unspecified atom stereocenters. The van der Waals surface area contributed by atoms with E-state index in [9.17, 15) is 17.6 Å². The molecule has 6 aromatic rings. The van der Waals surface area contributed by atoms with E-state index in [0.717, 1.165) is 35.7 Å². The monoisotopic (exact) mass is 723 g/mol. The Bertz CT molecular complexity index is 1550. The van der Waals surface area contributed by atoms with Crippen LogP contribution in [0.25, 0.3) is 22.8 Å². The first-order chi connectivity index (χ1) is 18.8. The van der Waals surface area contributed by atoms with Crippen molar-refractivity contribution >= 4 is 0 Å². The van der Waals surface area contributed by atoms with Crippen LogP contribution in [0.5, 0.6) is 0 Å². The maximum absolute atomic E-state index is 13.2. The van der Waals surface area contributed by atoms with Gasteiger partial charge >= 0.3 is 0 Å². The van der Waals surface area contributed by atoms with Crippen molar-refractivity contribution in [2.24, 2.45) is 14.1 Å². The molecule has 12 heteroatoms. The van der Waals surface area contributed by atoms with Crippen molar-refractivity contribution in [3.8, 4) is 22.8 Å². The summed E-state index contributed by atoms with van der Waals surface area (Å²) < 4.78 is 57.7. The van der Waals surface area contributed by atoms with Gasteiger partial charge in [0.05, 0.1) is 14.1 Å². The molecule has 1 radical (unpaired) electrons. The van der Waals surface area contributed by atoms with Gasteiger partial charge in [-0.05, 0) is 23.5 Å². The summed E-state index contributed by atoms with van der Waals surface area (Å²) in [5, 5.41) is 7.58. The van der Waals surface area contributed by atoms with Gasteiger partial charge < -0.3 is 28.5 Å². The zero-order valence-corrected chi connectivity index (χ0v) is 23.5. The third-order valence-electron chi connectivity index (χ3n) is 4.96. The molecule has 4 heterocycles. The van der Waals surface area contributed by atoms with Crippen LogP contribution in [0.3, 0.4) is 0 Å². The Morgan fingerprint density at radius 3 is 1.70 bits per heavy atom. The molecule has 0 bridgehead atoms. The van der Waals surface area contributed by atoms with Gasteiger partial charge in [0, 0.05) is 86.2 Å². The number of halogens is 4. The average Bonchev–Trinajstić information content (AvgIpc) is 3.69. The van der Waals surface area contributed by atoms with Crippen molar-refractivity contribution < 1.29 is 46.8 Å². The Balaban J connectivity index is 0.000000165. The smallest absolute Gasteiger partial charge is 0.241 e. The fourth-order valence-electron chi connectivity index (χ4n) is 3.18. The van der Waals surface area contributed by atoms with E-state index in [-0.39, 0.29) is 31.5 Å². The summed E-state index contributed by atoms with van der Waals surface area (Å²) in [4.78, 5) is 4.12. The van der Waals surface area contributed by atoms with E-state index in [1.807, 2.05) is 24.3 Å². The largest absolute Gasteiger partial charge is 0.574 e. The van der Waals surface area contributed by atoms with Gasteiger partial charge in [-0.2, -0.15) is 12.1 Å². The molecule has 7 nitrogen and oxygen atoms in total. The van der Waals surface area contributed by atoms with E-state index in [1.165, 1.54) is 9.13 Å². The van der Waals surface area contributed by atoms with Gasteiger partial charge in [-0.1, -0.05) is 17.8 Å². The molecule has 0 aliphatic rings. The molecular weight excluding hydrogens is 703 g/mol. The zero-order chi connectivity index (χ0) is 27.8. The third kappa shape index (κ3) is 8.05. The van der Waals surface area contributed by atoms with Gasteiger partial charge in [-0.15, -0.1) is 24.3 Å². The molecule has 0 N–H and O–H groups in total. The molecule has 0 spiro atoms. The topological polar surface area (TPSA) is 57.5 Å². The predicted molar refractivity (Wildman–Crippen MR) is 130 cm³/mol. The number of hydrogen-bond acceptors (Lipinski definition) is 2. The predicted octanol–water partition coefficient (Wildman–Crippen LogP) is 3.46. The van der Waals surface area contributed by atoms with E-state index in [1.54, 1.807) is 60.4 Å². The summed E-state index contributed by atoms with van der Waals surface area (Å²) in [7, 11) is 3.52. The maximum Gasteiger partial charge on any atom is 0.241 e. The minimum atomic E-state index is -0.655. The Morgan fingerprint density at radius 1 is 0.775 bits per heavy atom. The van der Waals surface area contributed by atoms with E-state index in [0.29, 0.717) is 0 Å². The molecule has 0 amide bonds. The van der Waals surface area contributed by atoms with Gasteiger partial charge in [0.1, 0.15) is 0 Å². The molecule has 0 atom stereocenters. The van der Waals surface area contributed by atoms with Crippen LogP contribution in [0.15, 0.2) is 85.7 Å². The standard InChI is InChI=1S/2C10H7F2N2.C8H6N3.Ir/c2*1-13-4-5-14(7-13)10-3-2-8(11)6-9(10)12;1-2-5-9-7(3-1)8-4-6-10-11-8;/h2*2,4-6H,1H3;1-6H;/q3*-1;. The van der Waals surface area contributed by atoms with Crippen LogP contribution in [0.4, 0.5) is 17.6 Å². The number of aromatic nitrogens is 7. The van der Waals surface area contributed by atoms with Crippen LogP contribution in [0, 0.1) is 48.1 Å². The molecule has 0 fully saturated rings. The van der Waals surface area contributed by atoms with Crippen molar-refractivity contribution in [1.29, 1.82) is 0 Å². The van der Waals surface area contributed by atoms with E-state index >= 15 is 0 Å². The molecule has 0 saturated heterocycles. The molecule has 0 aliphatic heterocycles. The molecular formula is C28H20F4IrN7-3. The normalized spacial score (nSPS) is 10.1. The van der Waals surface area contributed by atoms with Gasteiger partial charge in [0.2, 0.25) is 12.7 Å². The number of imidazole rings is 2. The van der Waals surface area contributed by atoms with Gasteiger partial charge in [0.25, 0.3) is 0 Å². The number of nitrogens with zero attached hydrogens (tertiary/aromatic N) is 7. The summed E-state index contributed by atoms with van der Waals surface area (Å²) in [5.74, 6) is -2.58. The first kappa shape index (κ1) is 30.1. The molecule has 0 aliphatic carbocycles. The Morgan fingerprint density at radius 2 is 1.32 bits per heavy atom. The number of benzene rings is 2. The van der Waals surface area contributed by atoms with Gasteiger partial charge in [0.15, 0.2) is 0 Å². The van der Waals surface area contributed by atoms with Crippen LogP contribution in [-0.4, -0.2) is 19.2 Å². The quantitative estimate of drug-likeness (QED) is 0.160. The maximum atomic E-state index is 13.2. The first-order valence-corrected chi connectivity index (χ1v) is 11.3. The summed E-state index contributed by atoms with van der Waals surface area (Å²) in [6, 6.07) is 16.4. The van der Waals surface area contributed by atoms with E-state index < -0.39 is 23.3 Å². The molecule has 2 aromatic carbocycles. The van der Waals surface area contributed by atoms with Gasteiger partial charge in [-0.25, -0.2) is 0 Å². The number of rotatable bonds is 3. The second-order valence-electron chi connectivity index (χ2n) is 7.92. The molecule has 40 heavy (non-hydrogen) atoms. The molecule has 6 rings (SSSR count). The van der Waals surface area contributed by atoms with Crippen molar-refractivity contribution in [2.45, 2.75) is 0 Å². The SMILES string of the molecule is C[n+]1[c-]n(-c2[c-]cc(F)cc2F)cc1.C[n+]1[c-]n(-c2[c-]cc(F)cc2F)cc1.[Ir].c1ccc(-c2ccn[n-]2)nc1. The zero-order valence-electron chi connectivity index (χ0n) is 21.1. The summed E-state index contributed by atoms with van der Waals surface area (Å²) >= 11 is 0. The Hall–Kier alpha value is -4.41. The van der Waals surface area contributed by atoms with Crippen LogP contribution >= 0.6 is 0 Å². The van der Waals surface area contributed by atoms with E-state index in [4.69, 9.17) is 0 Å². The van der Waals surface area contributed by atoms with Crippen molar-refractivity contribution in [1.82, 2.24) is 24.3 Å². The second-order valence-corrected chi connectivity index (χ2v) is 7.92. The van der Waals surface area contributed by atoms with Crippen LogP contribution in [-0.2, 0) is 34.2 Å². The Labute approximate surface area is 241 Å². The first-order valence-electron chi connectivity index (χ1n) is 11.3. The minimum Gasteiger partial charge on any atom is -0.574 e.